The Balaban J connectivity index is 4.49. The largest absolute Gasteiger partial charge is 0.375 e. The molecule has 1 atom stereocenters. The molecule has 0 saturated heterocycles. The zero-order valence-electron chi connectivity index (χ0n) is 10.8. The molecule has 0 rings (SSSR count). The molecule has 0 fully saturated rings. The normalized spacial score (nSPS) is 16.4. The molecule has 0 aromatic rings. The molecule has 4 heteroatoms. The highest BCUT2D eigenvalue weighted by Crippen LogP contribution is 2.15. The van der Waals surface area contributed by atoms with Crippen LogP contribution in [0, 0.1) is 0 Å². The molecule has 92 valence electrons. The Morgan fingerprint density at radius 2 is 1.67 bits per heavy atom. The van der Waals surface area contributed by atoms with Gasteiger partial charge in [0.25, 0.3) is 5.91 Å². The lowest BCUT2D eigenvalue weighted by Gasteiger charge is -2.38. The quantitative estimate of drug-likeness (QED) is 0.662. The fourth-order valence-corrected chi connectivity index (χ4v) is 1.32. The molecule has 0 heterocycles. The summed E-state index contributed by atoms with van der Waals surface area (Å²) in [7, 11) is 1.62. The maximum atomic E-state index is 5.60. The van der Waals surface area contributed by atoms with Crippen LogP contribution in [0.15, 0.2) is 0 Å². The van der Waals surface area contributed by atoms with E-state index in [-0.39, 0.29) is 5.54 Å². The summed E-state index contributed by atoms with van der Waals surface area (Å²) in [5, 5.41) is 3.29. The molecule has 0 spiro atoms. The zero-order valence-corrected chi connectivity index (χ0v) is 10.8. The van der Waals surface area contributed by atoms with Gasteiger partial charge >= 0.3 is 0 Å². The van der Waals surface area contributed by atoms with Gasteiger partial charge in [-0.05, 0) is 34.6 Å². The summed E-state index contributed by atoms with van der Waals surface area (Å²) in [5.74, 6) is -0.844. The van der Waals surface area contributed by atoms with Gasteiger partial charge in [-0.3, -0.25) is 5.32 Å². The summed E-state index contributed by atoms with van der Waals surface area (Å²) >= 11 is 0. The SMILES string of the molecule is CCOCC(NC(C)(C)C)(OC)OCC. The second-order valence-electron chi connectivity index (χ2n) is 4.40. The first-order chi connectivity index (χ1) is 6.89. The topological polar surface area (TPSA) is 39.7 Å². The van der Waals surface area contributed by atoms with E-state index >= 15 is 0 Å². The molecule has 0 aromatic heterocycles. The summed E-state index contributed by atoms with van der Waals surface area (Å²) in [5.41, 5.74) is -0.0950. The van der Waals surface area contributed by atoms with Crippen molar-refractivity contribution in [3.8, 4) is 0 Å². The lowest BCUT2D eigenvalue weighted by Crippen LogP contribution is -2.59. The van der Waals surface area contributed by atoms with Crippen molar-refractivity contribution in [2.24, 2.45) is 0 Å². The van der Waals surface area contributed by atoms with Crippen LogP contribution in [-0.4, -0.2) is 38.4 Å². The van der Waals surface area contributed by atoms with Gasteiger partial charge in [-0.15, -0.1) is 0 Å². The summed E-state index contributed by atoms with van der Waals surface area (Å²) in [6.07, 6.45) is 0. The Labute approximate surface area is 93.3 Å². The number of rotatable bonds is 7. The average Bonchev–Trinajstić information content (AvgIpc) is 2.12. The third kappa shape index (κ3) is 6.10. The van der Waals surface area contributed by atoms with Crippen LogP contribution >= 0.6 is 0 Å². The van der Waals surface area contributed by atoms with Crippen molar-refractivity contribution in [2.75, 3.05) is 26.9 Å². The fraction of sp³-hybridized carbons (Fsp3) is 1.00. The lowest BCUT2D eigenvalue weighted by molar-refractivity contribution is -0.273. The molecule has 0 amide bonds. The maximum absolute atomic E-state index is 5.60. The van der Waals surface area contributed by atoms with Crippen molar-refractivity contribution in [3.05, 3.63) is 0 Å². The number of hydrogen-bond acceptors (Lipinski definition) is 4. The highest BCUT2D eigenvalue weighted by atomic mass is 16.7. The molecule has 0 aliphatic heterocycles. The summed E-state index contributed by atoms with van der Waals surface area (Å²) in [4.78, 5) is 0. The molecule has 1 unspecified atom stereocenters. The molecule has 0 bridgehead atoms. The van der Waals surface area contributed by atoms with Crippen LogP contribution in [0.2, 0.25) is 0 Å². The minimum absolute atomic E-state index is 0.0950. The molecule has 1 N–H and O–H groups in total. The van der Waals surface area contributed by atoms with Crippen molar-refractivity contribution in [3.63, 3.8) is 0 Å². The predicted molar refractivity (Wildman–Crippen MR) is 60.7 cm³/mol. The first kappa shape index (κ1) is 14.8. The van der Waals surface area contributed by atoms with E-state index in [2.05, 4.69) is 26.1 Å². The van der Waals surface area contributed by atoms with Gasteiger partial charge in [0, 0.05) is 25.9 Å². The Bertz CT molecular complexity index is 168. The highest BCUT2D eigenvalue weighted by Gasteiger charge is 2.34. The van der Waals surface area contributed by atoms with Gasteiger partial charge < -0.3 is 14.2 Å². The van der Waals surface area contributed by atoms with E-state index in [4.69, 9.17) is 14.2 Å². The van der Waals surface area contributed by atoms with E-state index in [9.17, 15) is 0 Å². The molecule has 0 aliphatic carbocycles. The van der Waals surface area contributed by atoms with Gasteiger partial charge in [0.05, 0.1) is 0 Å². The van der Waals surface area contributed by atoms with Crippen LogP contribution in [0.1, 0.15) is 34.6 Å². The molecule has 0 radical (unpaired) electrons. The van der Waals surface area contributed by atoms with Crippen molar-refractivity contribution >= 4 is 0 Å². The molecule has 15 heavy (non-hydrogen) atoms. The Hall–Kier alpha value is -0.160. The van der Waals surface area contributed by atoms with Gasteiger partial charge in [-0.2, -0.15) is 0 Å². The molecular weight excluding hydrogens is 194 g/mol. The summed E-state index contributed by atoms with van der Waals surface area (Å²) in [6, 6.07) is 0. The highest BCUT2D eigenvalue weighted by molar-refractivity contribution is 4.78. The fourth-order valence-electron chi connectivity index (χ4n) is 1.32. The van der Waals surface area contributed by atoms with Gasteiger partial charge in [-0.25, -0.2) is 0 Å². The van der Waals surface area contributed by atoms with Gasteiger partial charge in [-0.1, -0.05) is 0 Å². The van der Waals surface area contributed by atoms with E-state index in [0.29, 0.717) is 19.8 Å². The second-order valence-corrected chi connectivity index (χ2v) is 4.40. The van der Waals surface area contributed by atoms with Crippen LogP contribution in [0.4, 0.5) is 0 Å². The zero-order chi connectivity index (χ0) is 11.9. The summed E-state index contributed by atoms with van der Waals surface area (Å²) < 4.78 is 16.4. The number of hydrogen-bond donors (Lipinski definition) is 1. The Kier molecular flexibility index (Phi) is 6.36. The van der Waals surface area contributed by atoms with Crippen molar-refractivity contribution in [2.45, 2.75) is 46.1 Å². The van der Waals surface area contributed by atoms with Crippen molar-refractivity contribution < 1.29 is 14.2 Å². The maximum Gasteiger partial charge on any atom is 0.252 e. The summed E-state index contributed by atoms with van der Waals surface area (Å²) in [6.45, 7) is 11.7. The van der Waals surface area contributed by atoms with Crippen molar-refractivity contribution in [1.82, 2.24) is 5.32 Å². The number of ether oxygens (including phenoxy) is 3. The van der Waals surface area contributed by atoms with E-state index in [1.165, 1.54) is 0 Å². The minimum atomic E-state index is -0.844. The van der Waals surface area contributed by atoms with E-state index in [0.717, 1.165) is 0 Å². The van der Waals surface area contributed by atoms with Crippen LogP contribution in [0.3, 0.4) is 0 Å². The van der Waals surface area contributed by atoms with Crippen molar-refractivity contribution in [1.29, 1.82) is 0 Å². The molecule has 4 nitrogen and oxygen atoms in total. The second kappa shape index (κ2) is 6.43. The van der Waals surface area contributed by atoms with Crippen LogP contribution in [0.25, 0.3) is 0 Å². The van der Waals surface area contributed by atoms with Gasteiger partial charge in [0.1, 0.15) is 6.61 Å². The molecule has 0 aliphatic rings. The number of nitrogens with one attached hydrogen (secondary N) is 1. The van der Waals surface area contributed by atoms with E-state index in [1.54, 1.807) is 7.11 Å². The molecule has 0 aromatic carbocycles. The minimum Gasteiger partial charge on any atom is -0.375 e. The first-order valence-electron chi connectivity index (χ1n) is 5.45. The molecule has 0 saturated carbocycles. The third-order valence-corrected chi connectivity index (χ3v) is 1.77. The third-order valence-electron chi connectivity index (χ3n) is 1.77. The lowest BCUT2D eigenvalue weighted by atomic mass is 10.1. The van der Waals surface area contributed by atoms with E-state index in [1.807, 2.05) is 13.8 Å². The monoisotopic (exact) mass is 219 g/mol. The van der Waals surface area contributed by atoms with Gasteiger partial charge in [0.2, 0.25) is 0 Å². The molecular formula is C11H25NO3. The van der Waals surface area contributed by atoms with E-state index < -0.39 is 5.91 Å². The standard InChI is InChI=1S/C11H25NO3/c1-7-14-9-11(13-6,15-8-2)12-10(3,4)5/h12H,7-9H2,1-6H3. The number of methoxy groups -OCH3 is 1. The predicted octanol–water partition coefficient (Wildman–Crippen LogP) is 1.75. The Morgan fingerprint density at radius 1 is 1.07 bits per heavy atom. The Morgan fingerprint density at radius 3 is 2.00 bits per heavy atom. The van der Waals surface area contributed by atoms with Crippen LogP contribution < -0.4 is 5.32 Å². The van der Waals surface area contributed by atoms with Crippen LogP contribution in [0.5, 0.6) is 0 Å². The smallest absolute Gasteiger partial charge is 0.252 e. The van der Waals surface area contributed by atoms with Crippen LogP contribution in [-0.2, 0) is 14.2 Å². The average molecular weight is 219 g/mol. The van der Waals surface area contributed by atoms with Gasteiger partial charge in [0.15, 0.2) is 0 Å². The first-order valence-corrected chi connectivity index (χ1v) is 5.45.